The van der Waals surface area contributed by atoms with Crippen molar-refractivity contribution in [2.24, 2.45) is 11.7 Å². The van der Waals surface area contributed by atoms with E-state index >= 15 is 0 Å². The van der Waals surface area contributed by atoms with Crippen LogP contribution in [0.2, 0.25) is 0 Å². The molecule has 0 saturated heterocycles. The molecule has 0 aliphatic carbocycles. The van der Waals surface area contributed by atoms with Crippen LogP contribution in [-0.4, -0.2) is 11.9 Å². The number of amides is 1. The molecule has 0 bridgehead atoms. The molecule has 2 aromatic carbocycles. The standard InChI is InChI=1S/C19H23FN2O2/c1-12-9-17(24-11-15-5-4-6-16(20)10-15)7-8-18(12)22-19(23)13(2)14(3)21/h4-10,13-14H,11,21H2,1-3H3,(H,22,23). The summed E-state index contributed by atoms with van der Waals surface area (Å²) < 4.78 is 18.8. The fourth-order valence-corrected chi connectivity index (χ4v) is 2.14. The van der Waals surface area contributed by atoms with Crippen LogP contribution in [0.1, 0.15) is 25.0 Å². The lowest BCUT2D eigenvalue weighted by atomic mass is 10.0. The first kappa shape index (κ1) is 17.9. The number of benzene rings is 2. The van der Waals surface area contributed by atoms with Gasteiger partial charge in [0.1, 0.15) is 18.2 Å². The molecule has 0 aromatic heterocycles. The molecule has 2 atom stereocenters. The van der Waals surface area contributed by atoms with E-state index in [0.717, 1.165) is 16.8 Å². The van der Waals surface area contributed by atoms with Gasteiger partial charge < -0.3 is 15.8 Å². The van der Waals surface area contributed by atoms with Gasteiger partial charge in [0.25, 0.3) is 0 Å². The molecule has 1 amide bonds. The highest BCUT2D eigenvalue weighted by Crippen LogP contribution is 2.23. The van der Waals surface area contributed by atoms with Crippen LogP contribution in [0, 0.1) is 18.7 Å². The molecule has 24 heavy (non-hydrogen) atoms. The minimum atomic E-state index is -0.284. The van der Waals surface area contributed by atoms with Gasteiger partial charge in [-0.3, -0.25) is 4.79 Å². The number of aryl methyl sites for hydroxylation is 1. The molecule has 0 spiro atoms. The Labute approximate surface area is 141 Å². The minimum absolute atomic E-state index is 0.110. The smallest absolute Gasteiger partial charge is 0.228 e. The van der Waals surface area contributed by atoms with E-state index in [9.17, 15) is 9.18 Å². The molecule has 3 N–H and O–H groups in total. The molecule has 0 radical (unpaired) electrons. The lowest BCUT2D eigenvalue weighted by molar-refractivity contribution is -0.119. The SMILES string of the molecule is Cc1cc(OCc2cccc(F)c2)ccc1NC(=O)C(C)C(C)N. The molecule has 0 aliphatic heterocycles. The number of carbonyl (C=O) groups is 1. The van der Waals surface area contributed by atoms with Crippen LogP contribution in [0.25, 0.3) is 0 Å². The van der Waals surface area contributed by atoms with Crippen molar-refractivity contribution in [3.8, 4) is 5.75 Å². The van der Waals surface area contributed by atoms with Crippen molar-refractivity contribution in [1.82, 2.24) is 0 Å². The highest BCUT2D eigenvalue weighted by atomic mass is 19.1. The van der Waals surface area contributed by atoms with Gasteiger partial charge in [-0.2, -0.15) is 0 Å². The highest BCUT2D eigenvalue weighted by Gasteiger charge is 2.17. The van der Waals surface area contributed by atoms with Gasteiger partial charge in [-0.15, -0.1) is 0 Å². The third-order valence-corrected chi connectivity index (χ3v) is 3.95. The average molecular weight is 330 g/mol. The summed E-state index contributed by atoms with van der Waals surface area (Å²) in [4.78, 5) is 12.1. The molecule has 2 rings (SSSR count). The normalized spacial score (nSPS) is 13.2. The van der Waals surface area contributed by atoms with E-state index in [1.54, 1.807) is 38.1 Å². The van der Waals surface area contributed by atoms with Crippen LogP contribution in [0.3, 0.4) is 0 Å². The van der Waals surface area contributed by atoms with Crippen LogP contribution < -0.4 is 15.8 Å². The van der Waals surface area contributed by atoms with Gasteiger partial charge in [0.05, 0.1) is 5.92 Å². The number of hydrogen-bond acceptors (Lipinski definition) is 3. The van der Waals surface area contributed by atoms with Crippen LogP contribution in [0.5, 0.6) is 5.75 Å². The van der Waals surface area contributed by atoms with E-state index in [4.69, 9.17) is 10.5 Å². The molecule has 2 aromatic rings. The van der Waals surface area contributed by atoms with E-state index < -0.39 is 0 Å². The molecule has 4 nitrogen and oxygen atoms in total. The van der Waals surface area contributed by atoms with Crippen molar-refractivity contribution in [1.29, 1.82) is 0 Å². The lowest BCUT2D eigenvalue weighted by Gasteiger charge is -2.17. The number of nitrogens with one attached hydrogen (secondary N) is 1. The maximum absolute atomic E-state index is 13.1. The van der Waals surface area contributed by atoms with Crippen LogP contribution in [-0.2, 0) is 11.4 Å². The summed E-state index contributed by atoms with van der Waals surface area (Å²) in [7, 11) is 0. The second-order valence-electron chi connectivity index (χ2n) is 6.03. The van der Waals surface area contributed by atoms with Gasteiger partial charge in [-0.1, -0.05) is 19.1 Å². The number of ether oxygens (including phenoxy) is 1. The van der Waals surface area contributed by atoms with Gasteiger partial charge in [0.2, 0.25) is 5.91 Å². The van der Waals surface area contributed by atoms with Crippen molar-refractivity contribution < 1.29 is 13.9 Å². The van der Waals surface area contributed by atoms with E-state index in [2.05, 4.69) is 5.32 Å². The van der Waals surface area contributed by atoms with Crippen molar-refractivity contribution in [3.05, 3.63) is 59.4 Å². The van der Waals surface area contributed by atoms with Gasteiger partial charge in [-0.05, 0) is 55.3 Å². The minimum Gasteiger partial charge on any atom is -0.489 e. The summed E-state index contributed by atoms with van der Waals surface area (Å²) in [5.41, 5.74) is 8.12. The number of halogens is 1. The Bertz CT molecular complexity index is 716. The predicted molar refractivity (Wildman–Crippen MR) is 93.4 cm³/mol. The highest BCUT2D eigenvalue weighted by molar-refractivity contribution is 5.93. The first-order valence-electron chi connectivity index (χ1n) is 7.91. The van der Waals surface area contributed by atoms with Gasteiger partial charge in [0.15, 0.2) is 0 Å². The van der Waals surface area contributed by atoms with Gasteiger partial charge in [-0.25, -0.2) is 4.39 Å². The zero-order valence-electron chi connectivity index (χ0n) is 14.2. The average Bonchev–Trinajstić information content (AvgIpc) is 2.54. The summed E-state index contributed by atoms with van der Waals surface area (Å²) in [6.45, 7) is 5.78. The third-order valence-electron chi connectivity index (χ3n) is 3.95. The zero-order valence-corrected chi connectivity index (χ0v) is 14.2. The number of anilines is 1. The molecule has 0 heterocycles. The van der Waals surface area contributed by atoms with Crippen LogP contribution >= 0.6 is 0 Å². The fourth-order valence-electron chi connectivity index (χ4n) is 2.14. The fraction of sp³-hybridized carbons (Fsp3) is 0.316. The van der Waals surface area contributed by atoms with E-state index in [1.165, 1.54) is 12.1 Å². The Morgan fingerprint density at radius 3 is 2.62 bits per heavy atom. The number of carbonyl (C=O) groups excluding carboxylic acids is 1. The number of rotatable bonds is 6. The zero-order chi connectivity index (χ0) is 17.7. The maximum atomic E-state index is 13.1. The second kappa shape index (κ2) is 7.93. The van der Waals surface area contributed by atoms with Crippen molar-refractivity contribution in [3.63, 3.8) is 0 Å². The topological polar surface area (TPSA) is 64.3 Å². The summed E-state index contributed by atoms with van der Waals surface area (Å²) in [5.74, 6) is -0.00146. The van der Waals surface area contributed by atoms with Crippen LogP contribution in [0.15, 0.2) is 42.5 Å². The van der Waals surface area contributed by atoms with E-state index in [0.29, 0.717) is 5.75 Å². The Morgan fingerprint density at radius 1 is 1.25 bits per heavy atom. The first-order valence-corrected chi connectivity index (χ1v) is 7.91. The quantitative estimate of drug-likeness (QED) is 0.850. The first-order chi connectivity index (χ1) is 11.4. The molecule has 0 aliphatic rings. The second-order valence-corrected chi connectivity index (χ2v) is 6.03. The van der Waals surface area contributed by atoms with Gasteiger partial charge >= 0.3 is 0 Å². The van der Waals surface area contributed by atoms with Gasteiger partial charge in [0, 0.05) is 11.7 Å². The predicted octanol–water partition coefficient (Wildman–Crippen LogP) is 3.63. The number of nitrogens with two attached hydrogens (primary N) is 1. The number of hydrogen-bond donors (Lipinski definition) is 2. The lowest BCUT2D eigenvalue weighted by Crippen LogP contribution is -2.34. The largest absolute Gasteiger partial charge is 0.489 e. The third kappa shape index (κ3) is 4.80. The monoisotopic (exact) mass is 330 g/mol. The van der Waals surface area contributed by atoms with Crippen LogP contribution in [0.4, 0.5) is 10.1 Å². The van der Waals surface area contributed by atoms with Crippen molar-refractivity contribution in [2.45, 2.75) is 33.4 Å². The summed E-state index contributed by atoms with van der Waals surface area (Å²) in [5, 5.41) is 2.88. The molecule has 0 saturated carbocycles. The molecule has 128 valence electrons. The molecular weight excluding hydrogens is 307 g/mol. The Balaban J connectivity index is 2.00. The molecule has 0 fully saturated rings. The van der Waals surface area contributed by atoms with E-state index in [1.807, 2.05) is 13.0 Å². The van der Waals surface area contributed by atoms with Crippen molar-refractivity contribution >= 4 is 11.6 Å². The maximum Gasteiger partial charge on any atom is 0.228 e. The summed E-state index contributed by atoms with van der Waals surface area (Å²) in [6, 6.07) is 11.5. The molecular formula is C19H23FN2O2. The Hall–Kier alpha value is -2.40. The molecule has 5 heteroatoms. The van der Waals surface area contributed by atoms with E-state index in [-0.39, 0.29) is 30.3 Å². The summed E-state index contributed by atoms with van der Waals surface area (Å²) in [6.07, 6.45) is 0. The molecule has 2 unspecified atom stereocenters. The summed E-state index contributed by atoms with van der Waals surface area (Å²) >= 11 is 0. The Morgan fingerprint density at radius 2 is 2.00 bits per heavy atom. The Kier molecular flexibility index (Phi) is 5.93. The van der Waals surface area contributed by atoms with Crippen molar-refractivity contribution in [2.75, 3.05) is 5.32 Å².